The number of fused-ring (bicyclic) bond motifs is 3. The first-order valence-electron chi connectivity index (χ1n) is 8.33. The summed E-state index contributed by atoms with van der Waals surface area (Å²) < 4.78 is 25.1. The van der Waals surface area contributed by atoms with Gasteiger partial charge in [0.25, 0.3) is 5.91 Å². The van der Waals surface area contributed by atoms with Gasteiger partial charge in [-0.3, -0.25) is 4.79 Å². The predicted molar refractivity (Wildman–Crippen MR) is 104 cm³/mol. The van der Waals surface area contributed by atoms with E-state index in [1.54, 1.807) is 23.1 Å². The monoisotopic (exact) mass is 383 g/mol. The van der Waals surface area contributed by atoms with Crippen LogP contribution in [-0.4, -0.2) is 20.9 Å². The van der Waals surface area contributed by atoms with Gasteiger partial charge in [-0.05, 0) is 36.8 Å². The van der Waals surface area contributed by atoms with E-state index in [1.807, 2.05) is 49.4 Å². The smallest absolute Gasteiger partial charge is 0.268 e. The summed E-state index contributed by atoms with van der Waals surface area (Å²) in [6.45, 7) is 2.47. The third kappa shape index (κ3) is 2.75. The summed E-state index contributed by atoms with van der Waals surface area (Å²) in [5.74, 6) is -0.159. The minimum Gasteiger partial charge on any atom is -0.308 e. The highest BCUT2D eigenvalue weighted by atomic mass is 32.2. The van der Waals surface area contributed by atoms with Crippen LogP contribution in [0.3, 0.4) is 0 Å². The molecule has 0 saturated heterocycles. The van der Waals surface area contributed by atoms with Gasteiger partial charge in [-0.15, -0.1) is 11.3 Å². The Kier molecular flexibility index (Phi) is 4.17. The van der Waals surface area contributed by atoms with Crippen LogP contribution >= 0.6 is 11.3 Å². The van der Waals surface area contributed by atoms with Gasteiger partial charge in [-0.25, -0.2) is 8.42 Å². The van der Waals surface area contributed by atoms with Crippen molar-refractivity contribution >= 4 is 32.8 Å². The first kappa shape index (κ1) is 17.0. The molecular weight excluding hydrogens is 366 g/mol. The van der Waals surface area contributed by atoms with Crippen molar-refractivity contribution in [2.45, 2.75) is 17.6 Å². The maximum atomic E-state index is 13.1. The summed E-state index contributed by atoms with van der Waals surface area (Å²) in [6.07, 6.45) is 0. The maximum Gasteiger partial charge on any atom is 0.268 e. The normalized spacial score (nSPS) is 14.3. The molecule has 0 atom stereocenters. The molecule has 0 fully saturated rings. The lowest BCUT2D eigenvalue weighted by Gasteiger charge is -2.20. The Morgan fingerprint density at radius 3 is 2.50 bits per heavy atom. The van der Waals surface area contributed by atoms with Gasteiger partial charge in [-0.2, -0.15) is 0 Å². The average molecular weight is 383 g/mol. The number of sulfone groups is 1. The van der Waals surface area contributed by atoms with Gasteiger partial charge in [-0.1, -0.05) is 36.4 Å². The number of nitrogens with zero attached hydrogens (tertiary/aromatic N) is 1. The number of rotatable bonds is 3. The van der Waals surface area contributed by atoms with E-state index in [9.17, 15) is 13.2 Å². The second-order valence-corrected chi connectivity index (χ2v) is 9.12. The lowest BCUT2D eigenvalue weighted by Crippen LogP contribution is -2.29. The van der Waals surface area contributed by atoms with Crippen molar-refractivity contribution in [1.82, 2.24) is 0 Å². The first-order valence-corrected chi connectivity index (χ1v) is 10.8. The van der Waals surface area contributed by atoms with Crippen LogP contribution in [0.25, 0.3) is 10.4 Å². The van der Waals surface area contributed by atoms with Gasteiger partial charge in [0.15, 0.2) is 9.84 Å². The second kappa shape index (κ2) is 6.37. The van der Waals surface area contributed by atoms with Crippen molar-refractivity contribution in [3.05, 3.63) is 71.1 Å². The topological polar surface area (TPSA) is 54.5 Å². The van der Waals surface area contributed by atoms with E-state index in [4.69, 9.17) is 0 Å². The van der Waals surface area contributed by atoms with Crippen LogP contribution < -0.4 is 4.90 Å². The summed E-state index contributed by atoms with van der Waals surface area (Å²) in [5, 5.41) is 0. The molecule has 2 heterocycles. The molecule has 26 heavy (non-hydrogen) atoms. The zero-order chi connectivity index (χ0) is 18.3. The molecule has 0 radical (unpaired) electrons. The molecule has 4 nitrogen and oxygen atoms in total. The molecule has 0 aliphatic carbocycles. The molecular formula is C20H17NO3S2. The molecule has 0 spiro atoms. The lowest BCUT2D eigenvalue weighted by molar-refractivity contribution is 0.0992. The van der Waals surface area contributed by atoms with Crippen molar-refractivity contribution in [3.8, 4) is 10.4 Å². The maximum absolute atomic E-state index is 13.1. The second-order valence-electron chi connectivity index (χ2n) is 6.11. The van der Waals surface area contributed by atoms with Crippen molar-refractivity contribution in [1.29, 1.82) is 0 Å². The van der Waals surface area contributed by atoms with E-state index < -0.39 is 9.84 Å². The zero-order valence-corrected chi connectivity index (χ0v) is 15.8. The van der Waals surface area contributed by atoms with E-state index in [2.05, 4.69) is 0 Å². The third-order valence-electron chi connectivity index (χ3n) is 4.46. The van der Waals surface area contributed by atoms with Crippen LogP contribution in [0.4, 0.5) is 5.69 Å². The van der Waals surface area contributed by atoms with E-state index in [-0.39, 0.29) is 11.7 Å². The van der Waals surface area contributed by atoms with Crippen molar-refractivity contribution < 1.29 is 13.2 Å². The van der Waals surface area contributed by atoms with Crippen molar-refractivity contribution in [2.75, 3.05) is 11.4 Å². The van der Waals surface area contributed by atoms with E-state index in [1.165, 1.54) is 11.3 Å². The number of benzene rings is 2. The van der Waals surface area contributed by atoms with Gasteiger partial charge in [0.1, 0.15) is 0 Å². The Bertz CT molecular complexity index is 1090. The summed E-state index contributed by atoms with van der Waals surface area (Å²) in [5.41, 5.74) is 2.24. The first-order chi connectivity index (χ1) is 12.5. The Labute approximate surface area is 156 Å². The number of para-hydroxylation sites is 1. The number of hydrogen-bond donors (Lipinski definition) is 0. The number of carbonyl (C=O) groups is 1. The minimum absolute atomic E-state index is 0.0550. The molecule has 3 aromatic rings. The number of carbonyl (C=O) groups excluding carboxylic acids is 1. The Morgan fingerprint density at radius 1 is 1.08 bits per heavy atom. The summed E-state index contributed by atoms with van der Waals surface area (Å²) in [4.78, 5) is 16.6. The lowest BCUT2D eigenvalue weighted by atomic mass is 10.1. The minimum atomic E-state index is -3.36. The van der Waals surface area contributed by atoms with Gasteiger partial charge in [0, 0.05) is 22.7 Å². The van der Waals surface area contributed by atoms with Crippen molar-refractivity contribution in [3.63, 3.8) is 0 Å². The SMILES string of the molecule is CCN(C(=O)c1cc2c(s1)-c1ccccc1S(=O)(=O)C2)c1ccccc1. The van der Waals surface area contributed by atoms with E-state index in [0.717, 1.165) is 10.6 Å². The average Bonchev–Trinajstić information content (AvgIpc) is 3.06. The highest BCUT2D eigenvalue weighted by Gasteiger charge is 2.31. The number of amides is 1. The molecule has 0 unspecified atom stereocenters. The quantitative estimate of drug-likeness (QED) is 0.675. The van der Waals surface area contributed by atoms with Gasteiger partial charge < -0.3 is 4.90 Å². The molecule has 4 rings (SSSR count). The summed E-state index contributed by atoms with van der Waals surface area (Å²) >= 11 is 1.37. The number of thiophene rings is 1. The van der Waals surface area contributed by atoms with E-state index >= 15 is 0 Å². The molecule has 1 aromatic heterocycles. The van der Waals surface area contributed by atoms with Crippen LogP contribution in [0.5, 0.6) is 0 Å². The molecule has 132 valence electrons. The Hall–Kier alpha value is -2.44. The van der Waals surface area contributed by atoms with Gasteiger partial charge >= 0.3 is 0 Å². The Balaban J connectivity index is 1.78. The molecule has 2 aromatic carbocycles. The number of anilines is 1. The largest absolute Gasteiger partial charge is 0.308 e. The fraction of sp³-hybridized carbons (Fsp3) is 0.150. The summed E-state index contributed by atoms with van der Waals surface area (Å²) in [6, 6.07) is 18.2. The predicted octanol–water partition coefficient (Wildman–Crippen LogP) is 4.37. The van der Waals surface area contributed by atoms with E-state index in [0.29, 0.717) is 27.4 Å². The van der Waals surface area contributed by atoms with Crippen LogP contribution in [0.15, 0.2) is 65.6 Å². The molecule has 1 amide bonds. The number of hydrogen-bond acceptors (Lipinski definition) is 4. The molecule has 0 bridgehead atoms. The molecule has 0 N–H and O–H groups in total. The van der Waals surface area contributed by atoms with Crippen LogP contribution in [0, 0.1) is 0 Å². The van der Waals surface area contributed by atoms with Crippen LogP contribution in [0.1, 0.15) is 22.2 Å². The van der Waals surface area contributed by atoms with Gasteiger partial charge in [0.2, 0.25) is 0 Å². The van der Waals surface area contributed by atoms with Crippen LogP contribution in [-0.2, 0) is 15.6 Å². The molecule has 6 heteroatoms. The fourth-order valence-corrected chi connectivity index (χ4v) is 6.17. The molecule has 1 aliphatic heterocycles. The molecule has 1 aliphatic rings. The highest BCUT2D eigenvalue weighted by molar-refractivity contribution is 7.91. The molecule has 0 saturated carbocycles. The fourth-order valence-electron chi connectivity index (χ4n) is 3.26. The standard InChI is InChI=1S/C20H17NO3S2/c1-2-21(15-8-4-3-5-9-15)20(22)17-12-14-13-26(23,24)18-11-7-6-10-16(18)19(14)25-17/h3-12H,2,13H2,1H3. The van der Waals surface area contributed by atoms with Gasteiger partial charge in [0.05, 0.1) is 15.5 Å². The Morgan fingerprint density at radius 2 is 1.77 bits per heavy atom. The third-order valence-corrected chi connectivity index (χ3v) is 7.38. The van der Waals surface area contributed by atoms with Crippen LogP contribution in [0.2, 0.25) is 0 Å². The van der Waals surface area contributed by atoms with Crippen molar-refractivity contribution in [2.24, 2.45) is 0 Å². The zero-order valence-electron chi connectivity index (χ0n) is 14.2. The highest BCUT2D eigenvalue weighted by Crippen LogP contribution is 2.43. The summed E-state index contributed by atoms with van der Waals surface area (Å²) in [7, 11) is -3.36.